The Morgan fingerprint density at radius 1 is 1.50 bits per heavy atom. The predicted molar refractivity (Wildman–Crippen MR) is 47.3 cm³/mol. The molecule has 0 aliphatic rings. The van der Waals surface area contributed by atoms with Crippen molar-refractivity contribution in [1.29, 1.82) is 0 Å². The van der Waals surface area contributed by atoms with Gasteiger partial charge in [0.2, 0.25) is 0 Å². The summed E-state index contributed by atoms with van der Waals surface area (Å²) < 4.78 is 1.61. The number of hydrogen-bond donors (Lipinski definition) is 2. The van der Waals surface area contributed by atoms with Crippen LogP contribution in [0.25, 0.3) is 0 Å². The van der Waals surface area contributed by atoms with Crippen LogP contribution < -0.4 is 5.48 Å². The van der Waals surface area contributed by atoms with Gasteiger partial charge in [-0.05, 0) is 0 Å². The maximum atomic E-state index is 8.69. The van der Waals surface area contributed by atoms with Crippen LogP contribution in [0, 0.1) is 0 Å². The van der Waals surface area contributed by atoms with Gasteiger partial charge in [-0.1, -0.05) is 20.8 Å². The highest BCUT2D eigenvalue weighted by Crippen LogP contribution is 2.22. The summed E-state index contributed by atoms with van der Waals surface area (Å²) in [5.74, 6) is 0.611. The minimum absolute atomic E-state index is 0.0207. The number of nitrogens with one attached hydrogen (secondary N) is 1. The highest BCUT2D eigenvalue weighted by Gasteiger charge is 2.18. The summed E-state index contributed by atoms with van der Waals surface area (Å²) in [6.07, 6.45) is 0. The first-order valence-corrected chi connectivity index (χ1v) is 3.90. The zero-order valence-corrected chi connectivity index (χ0v) is 7.92. The lowest BCUT2D eigenvalue weighted by Crippen LogP contribution is -2.12. The number of anilines is 1. The molecule has 0 amide bonds. The zero-order chi connectivity index (χ0) is 9.35. The van der Waals surface area contributed by atoms with Crippen LogP contribution in [0.1, 0.15) is 26.5 Å². The lowest BCUT2D eigenvalue weighted by molar-refractivity contribution is 0.381. The third-order valence-electron chi connectivity index (χ3n) is 1.76. The first kappa shape index (κ1) is 9.06. The molecule has 4 heteroatoms. The van der Waals surface area contributed by atoms with E-state index in [1.807, 2.05) is 6.07 Å². The van der Waals surface area contributed by atoms with E-state index >= 15 is 0 Å². The van der Waals surface area contributed by atoms with E-state index in [-0.39, 0.29) is 5.41 Å². The van der Waals surface area contributed by atoms with Gasteiger partial charge in [0.25, 0.3) is 0 Å². The van der Waals surface area contributed by atoms with Crippen LogP contribution >= 0.6 is 0 Å². The largest absolute Gasteiger partial charge is 0.290 e. The van der Waals surface area contributed by atoms with Gasteiger partial charge in [0.05, 0.1) is 5.69 Å². The smallest absolute Gasteiger partial charge is 0.147 e. The SMILES string of the molecule is Cn1nc(C(C)(C)C)cc1NO. The van der Waals surface area contributed by atoms with Gasteiger partial charge in [-0.15, -0.1) is 0 Å². The lowest BCUT2D eigenvalue weighted by Gasteiger charge is -2.13. The van der Waals surface area contributed by atoms with Gasteiger partial charge in [0.15, 0.2) is 0 Å². The fraction of sp³-hybridized carbons (Fsp3) is 0.625. The van der Waals surface area contributed by atoms with Crippen LogP contribution in [0.4, 0.5) is 5.82 Å². The molecule has 0 bridgehead atoms. The molecular weight excluding hydrogens is 154 g/mol. The highest BCUT2D eigenvalue weighted by molar-refractivity contribution is 5.36. The predicted octanol–water partition coefficient (Wildman–Crippen LogP) is 1.52. The van der Waals surface area contributed by atoms with Gasteiger partial charge in [0, 0.05) is 18.5 Å². The second kappa shape index (κ2) is 2.79. The third-order valence-corrected chi connectivity index (χ3v) is 1.76. The quantitative estimate of drug-likeness (QED) is 0.627. The number of aromatic nitrogens is 2. The van der Waals surface area contributed by atoms with Gasteiger partial charge < -0.3 is 0 Å². The van der Waals surface area contributed by atoms with Crippen LogP contribution in [-0.2, 0) is 12.5 Å². The molecule has 0 unspecified atom stereocenters. The Hall–Kier alpha value is -1.03. The van der Waals surface area contributed by atoms with Crippen LogP contribution in [0.5, 0.6) is 0 Å². The summed E-state index contributed by atoms with van der Waals surface area (Å²) in [6.45, 7) is 6.24. The Kier molecular flexibility index (Phi) is 2.10. The molecule has 1 aromatic heterocycles. The van der Waals surface area contributed by atoms with Crippen LogP contribution in [0.2, 0.25) is 0 Å². The van der Waals surface area contributed by atoms with E-state index in [9.17, 15) is 0 Å². The molecule has 0 fully saturated rings. The molecule has 68 valence electrons. The van der Waals surface area contributed by atoms with Crippen molar-refractivity contribution >= 4 is 5.82 Å². The second-order valence-corrected chi connectivity index (χ2v) is 3.90. The van der Waals surface area contributed by atoms with Gasteiger partial charge >= 0.3 is 0 Å². The summed E-state index contributed by atoms with van der Waals surface area (Å²) in [5.41, 5.74) is 3.07. The molecule has 0 saturated carbocycles. The van der Waals surface area contributed by atoms with E-state index in [1.165, 1.54) is 0 Å². The average Bonchev–Trinajstić information content (AvgIpc) is 2.29. The summed E-state index contributed by atoms with van der Waals surface area (Å²) in [5, 5.41) is 12.9. The Morgan fingerprint density at radius 3 is 2.33 bits per heavy atom. The fourth-order valence-electron chi connectivity index (χ4n) is 0.938. The van der Waals surface area contributed by atoms with Gasteiger partial charge in [-0.3, -0.25) is 15.4 Å². The molecule has 12 heavy (non-hydrogen) atoms. The molecular formula is C8H15N3O. The number of rotatable bonds is 1. The molecule has 1 rings (SSSR count). The van der Waals surface area contributed by atoms with Crippen molar-refractivity contribution in [1.82, 2.24) is 9.78 Å². The van der Waals surface area contributed by atoms with Gasteiger partial charge in [-0.2, -0.15) is 5.10 Å². The van der Waals surface area contributed by atoms with Crippen molar-refractivity contribution in [3.05, 3.63) is 11.8 Å². The summed E-state index contributed by atoms with van der Waals surface area (Å²) in [4.78, 5) is 0. The zero-order valence-electron chi connectivity index (χ0n) is 7.92. The lowest BCUT2D eigenvalue weighted by atomic mass is 9.92. The highest BCUT2D eigenvalue weighted by atomic mass is 16.5. The van der Waals surface area contributed by atoms with Crippen molar-refractivity contribution in [3.8, 4) is 0 Å². The van der Waals surface area contributed by atoms with E-state index in [0.29, 0.717) is 5.82 Å². The molecule has 4 nitrogen and oxygen atoms in total. The minimum Gasteiger partial charge on any atom is -0.290 e. The summed E-state index contributed by atoms with van der Waals surface area (Å²) in [7, 11) is 1.79. The Bertz CT molecular complexity index is 272. The van der Waals surface area contributed by atoms with Crippen molar-refractivity contribution in [2.24, 2.45) is 7.05 Å². The Balaban J connectivity index is 3.05. The molecule has 1 aromatic rings. The Morgan fingerprint density at radius 2 is 2.08 bits per heavy atom. The number of nitrogens with zero attached hydrogens (tertiary/aromatic N) is 2. The third kappa shape index (κ3) is 1.58. The average molecular weight is 169 g/mol. The standard InChI is InChI=1S/C8H15N3O/c1-8(2,3)6-5-7(10-12)11(4)9-6/h5,10,12H,1-4H3. The van der Waals surface area contributed by atoms with Crippen molar-refractivity contribution < 1.29 is 5.21 Å². The molecule has 0 aromatic carbocycles. The van der Waals surface area contributed by atoms with E-state index in [1.54, 1.807) is 11.7 Å². The molecule has 1 heterocycles. The number of hydrogen-bond acceptors (Lipinski definition) is 3. The fourth-order valence-corrected chi connectivity index (χ4v) is 0.938. The molecule has 0 radical (unpaired) electrons. The second-order valence-electron chi connectivity index (χ2n) is 3.90. The van der Waals surface area contributed by atoms with E-state index in [4.69, 9.17) is 5.21 Å². The monoisotopic (exact) mass is 169 g/mol. The summed E-state index contributed by atoms with van der Waals surface area (Å²) in [6, 6.07) is 1.83. The molecule has 0 atom stereocenters. The van der Waals surface area contributed by atoms with Crippen molar-refractivity contribution in [2.45, 2.75) is 26.2 Å². The van der Waals surface area contributed by atoms with Crippen molar-refractivity contribution in [3.63, 3.8) is 0 Å². The molecule has 0 aliphatic carbocycles. The number of aryl methyl sites for hydroxylation is 1. The molecule has 0 aliphatic heterocycles. The molecule has 2 N–H and O–H groups in total. The van der Waals surface area contributed by atoms with E-state index in [2.05, 4.69) is 31.3 Å². The van der Waals surface area contributed by atoms with E-state index in [0.717, 1.165) is 5.69 Å². The van der Waals surface area contributed by atoms with Gasteiger partial charge in [0.1, 0.15) is 5.82 Å². The normalized spacial score (nSPS) is 11.8. The first-order chi connectivity index (χ1) is 5.45. The summed E-state index contributed by atoms with van der Waals surface area (Å²) >= 11 is 0. The Labute approximate surface area is 72.2 Å². The first-order valence-electron chi connectivity index (χ1n) is 3.90. The van der Waals surface area contributed by atoms with Crippen LogP contribution in [0.15, 0.2) is 6.07 Å². The molecule has 0 saturated heterocycles. The topological polar surface area (TPSA) is 50.1 Å². The maximum absolute atomic E-state index is 8.69. The maximum Gasteiger partial charge on any atom is 0.147 e. The van der Waals surface area contributed by atoms with Crippen LogP contribution in [-0.4, -0.2) is 15.0 Å². The molecule has 0 spiro atoms. The van der Waals surface area contributed by atoms with Crippen LogP contribution in [0.3, 0.4) is 0 Å². The minimum atomic E-state index is 0.0207. The van der Waals surface area contributed by atoms with Gasteiger partial charge in [-0.25, -0.2) is 0 Å². The van der Waals surface area contributed by atoms with Crippen molar-refractivity contribution in [2.75, 3.05) is 5.48 Å². The van der Waals surface area contributed by atoms with E-state index < -0.39 is 0 Å².